The maximum atomic E-state index is 12.8. The van der Waals surface area contributed by atoms with E-state index in [0.717, 1.165) is 11.3 Å². The van der Waals surface area contributed by atoms with Crippen molar-refractivity contribution in [3.8, 4) is 17.2 Å². The van der Waals surface area contributed by atoms with Crippen LogP contribution >= 0.6 is 0 Å². The summed E-state index contributed by atoms with van der Waals surface area (Å²) in [6, 6.07) is 15.7. The Morgan fingerprint density at radius 3 is 2.45 bits per heavy atom. The van der Waals surface area contributed by atoms with E-state index in [2.05, 4.69) is 10.4 Å². The number of carbonyl (C=O) groups excluding carboxylic acids is 1. The molecule has 1 amide bonds. The lowest BCUT2D eigenvalue weighted by Gasteiger charge is -2.18. The van der Waals surface area contributed by atoms with Crippen LogP contribution in [-0.2, 0) is 0 Å². The summed E-state index contributed by atoms with van der Waals surface area (Å²) in [5.74, 6) is 0.677. The summed E-state index contributed by atoms with van der Waals surface area (Å²) in [5.41, 5.74) is 1.57. The van der Waals surface area contributed by atoms with Gasteiger partial charge in [-0.2, -0.15) is 5.10 Å². The molecule has 0 aliphatic heterocycles. The van der Waals surface area contributed by atoms with Gasteiger partial charge in [0.05, 0.1) is 25.9 Å². The van der Waals surface area contributed by atoms with E-state index in [4.69, 9.17) is 9.47 Å². The highest BCUT2D eigenvalue weighted by atomic mass is 16.5. The van der Waals surface area contributed by atoms with Crippen LogP contribution in [0.1, 0.15) is 34.7 Å². The molecule has 29 heavy (non-hydrogen) atoms. The molecule has 150 valence electrons. The largest absolute Gasteiger partial charge is 0.497 e. The van der Waals surface area contributed by atoms with Gasteiger partial charge in [-0.15, -0.1) is 0 Å². The minimum absolute atomic E-state index is 0.168. The summed E-state index contributed by atoms with van der Waals surface area (Å²) in [6.07, 6.45) is 0. The molecule has 0 aliphatic rings. The average molecular weight is 393 g/mol. The Bertz CT molecular complexity index is 1080. The summed E-state index contributed by atoms with van der Waals surface area (Å²) >= 11 is 0. The molecule has 1 N–H and O–H groups in total. The van der Waals surface area contributed by atoms with Crippen LogP contribution in [0.4, 0.5) is 0 Å². The Morgan fingerprint density at radius 1 is 1.07 bits per heavy atom. The fourth-order valence-corrected chi connectivity index (χ4v) is 3.05. The lowest BCUT2D eigenvalue weighted by atomic mass is 10.1. The van der Waals surface area contributed by atoms with Gasteiger partial charge in [-0.3, -0.25) is 9.59 Å². The molecular weight excluding hydrogens is 370 g/mol. The molecule has 0 fully saturated rings. The first-order valence-corrected chi connectivity index (χ1v) is 9.13. The Labute approximate surface area is 168 Å². The minimum atomic E-state index is -0.551. The van der Waals surface area contributed by atoms with E-state index >= 15 is 0 Å². The number of rotatable bonds is 6. The first kappa shape index (κ1) is 20.1. The molecule has 1 aromatic heterocycles. The standard InChI is InChI=1S/C22H23N3O4/c1-14-12-19(26)21(24-25(14)16-8-6-5-7-9-16)22(27)23-15(2)18-11-10-17(28-3)13-20(18)29-4/h5-13,15H,1-4H3,(H,23,27). The second-order valence-electron chi connectivity index (χ2n) is 6.55. The number of nitrogens with one attached hydrogen (secondary N) is 1. The monoisotopic (exact) mass is 393 g/mol. The van der Waals surface area contributed by atoms with Gasteiger partial charge in [-0.25, -0.2) is 4.68 Å². The van der Waals surface area contributed by atoms with Gasteiger partial charge in [0.2, 0.25) is 5.43 Å². The van der Waals surface area contributed by atoms with E-state index < -0.39 is 17.4 Å². The highest BCUT2D eigenvalue weighted by Crippen LogP contribution is 2.29. The molecule has 0 saturated heterocycles. The van der Waals surface area contributed by atoms with Gasteiger partial charge in [0.25, 0.3) is 5.91 Å². The summed E-state index contributed by atoms with van der Waals surface area (Å²) in [6.45, 7) is 3.58. The maximum Gasteiger partial charge on any atom is 0.276 e. The Hall–Kier alpha value is -3.61. The topological polar surface area (TPSA) is 82.5 Å². The normalized spacial score (nSPS) is 11.6. The van der Waals surface area contributed by atoms with E-state index in [0.29, 0.717) is 17.2 Å². The van der Waals surface area contributed by atoms with Crippen LogP contribution in [0.15, 0.2) is 59.4 Å². The van der Waals surface area contributed by atoms with Crippen molar-refractivity contribution >= 4 is 5.91 Å². The number of amides is 1. The molecule has 0 spiro atoms. The van der Waals surface area contributed by atoms with E-state index in [9.17, 15) is 9.59 Å². The van der Waals surface area contributed by atoms with Crippen LogP contribution in [0.2, 0.25) is 0 Å². The van der Waals surface area contributed by atoms with Gasteiger partial charge in [0.15, 0.2) is 5.69 Å². The van der Waals surface area contributed by atoms with E-state index in [-0.39, 0.29) is 5.69 Å². The van der Waals surface area contributed by atoms with Crippen LogP contribution in [0, 0.1) is 6.92 Å². The van der Waals surface area contributed by atoms with Crippen molar-refractivity contribution in [1.29, 1.82) is 0 Å². The first-order valence-electron chi connectivity index (χ1n) is 9.13. The summed E-state index contributed by atoms with van der Waals surface area (Å²) in [7, 11) is 3.12. The third-order valence-corrected chi connectivity index (χ3v) is 4.58. The third-order valence-electron chi connectivity index (χ3n) is 4.58. The van der Waals surface area contributed by atoms with Crippen LogP contribution < -0.4 is 20.2 Å². The fourth-order valence-electron chi connectivity index (χ4n) is 3.05. The van der Waals surface area contributed by atoms with Crippen molar-refractivity contribution in [2.75, 3.05) is 14.2 Å². The second kappa shape index (κ2) is 8.60. The van der Waals surface area contributed by atoms with Crippen LogP contribution in [0.3, 0.4) is 0 Å². The number of benzene rings is 2. The molecule has 7 heteroatoms. The molecule has 2 aromatic carbocycles. The zero-order valence-electron chi connectivity index (χ0n) is 16.8. The van der Waals surface area contributed by atoms with Crippen LogP contribution in [0.25, 0.3) is 5.69 Å². The van der Waals surface area contributed by atoms with E-state index in [1.54, 1.807) is 38.0 Å². The Kier molecular flexibility index (Phi) is 5.97. The second-order valence-corrected chi connectivity index (χ2v) is 6.55. The fraction of sp³-hybridized carbons (Fsp3) is 0.227. The molecule has 1 heterocycles. The minimum Gasteiger partial charge on any atom is -0.497 e. The van der Waals surface area contributed by atoms with Crippen molar-refractivity contribution in [1.82, 2.24) is 15.1 Å². The number of aromatic nitrogens is 2. The molecule has 0 saturated carbocycles. The molecule has 3 rings (SSSR count). The highest BCUT2D eigenvalue weighted by molar-refractivity contribution is 5.92. The Balaban J connectivity index is 1.90. The number of aryl methyl sites for hydroxylation is 1. The van der Waals surface area contributed by atoms with E-state index in [1.165, 1.54) is 6.07 Å². The van der Waals surface area contributed by atoms with Crippen LogP contribution in [0.5, 0.6) is 11.5 Å². The predicted molar refractivity (Wildman–Crippen MR) is 110 cm³/mol. The molecule has 3 aromatic rings. The van der Waals surface area contributed by atoms with Crippen molar-refractivity contribution < 1.29 is 14.3 Å². The quantitative estimate of drug-likeness (QED) is 0.696. The van der Waals surface area contributed by atoms with Crippen molar-refractivity contribution in [3.05, 3.63) is 81.8 Å². The lowest BCUT2D eigenvalue weighted by molar-refractivity contribution is 0.0931. The zero-order chi connectivity index (χ0) is 21.0. The molecule has 0 bridgehead atoms. The summed E-state index contributed by atoms with van der Waals surface area (Å²) < 4.78 is 12.2. The van der Waals surface area contributed by atoms with Gasteiger partial charge in [0, 0.05) is 23.4 Å². The number of para-hydroxylation sites is 1. The zero-order valence-corrected chi connectivity index (χ0v) is 16.8. The lowest BCUT2D eigenvalue weighted by Crippen LogP contribution is -2.33. The van der Waals surface area contributed by atoms with Gasteiger partial charge in [-0.05, 0) is 38.1 Å². The smallest absolute Gasteiger partial charge is 0.276 e. The van der Waals surface area contributed by atoms with Crippen LogP contribution in [-0.4, -0.2) is 29.9 Å². The first-order chi connectivity index (χ1) is 13.9. The van der Waals surface area contributed by atoms with Crippen molar-refractivity contribution in [2.24, 2.45) is 0 Å². The average Bonchev–Trinajstić information content (AvgIpc) is 2.73. The number of nitrogens with zero attached hydrogens (tertiary/aromatic N) is 2. The number of hydrogen-bond donors (Lipinski definition) is 1. The maximum absolute atomic E-state index is 12.8. The number of methoxy groups -OCH3 is 2. The molecule has 7 nitrogen and oxygen atoms in total. The number of carbonyl (C=O) groups is 1. The molecule has 1 atom stereocenters. The molecular formula is C22H23N3O4. The van der Waals surface area contributed by atoms with Crippen molar-refractivity contribution in [2.45, 2.75) is 19.9 Å². The van der Waals surface area contributed by atoms with Gasteiger partial charge >= 0.3 is 0 Å². The highest BCUT2D eigenvalue weighted by Gasteiger charge is 2.20. The van der Waals surface area contributed by atoms with Gasteiger partial charge in [-0.1, -0.05) is 18.2 Å². The predicted octanol–water partition coefficient (Wildman–Crippen LogP) is 3.05. The van der Waals surface area contributed by atoms with Crippen molar-refractivity contribution in [3.63, 3.8) is 0 Å². The summed E-state index contributed by atoms with van der Waals surface area (Å²) in [4.78, 5) is 25.2. The molecule has 1 unspecified atom stereocenters. The molecule has 0 radical (unpaired) electrons. The Morgan fingerprint density at radius 2 is 1.79 bits per heavy atom. The third kappa shape index (κ3) is 4.29. The number of hydrogen-bond acceptors (Lipinski definition) is 5. The SMILES string of the molecule is COc1ccc(C(C)NC(=O)c2nn(-c3ccccc3)c(C)cc2=O)c(OC)c1. The van der Waals surface area contributed by atoms with Gasteiger partial charge in [0.1, 0.15) is 11.5 Å². The number of ether oxygens (including phenoxy) is 2. The summed E-state index contributed by atoms with van der Waals surface area (Å²) in [5, 5.41) is 7.13. The molecule has 0 aliphatic carbocycles. The van der Waals surface area contributed by atoms with E-state index in [1.807, 2.05) is 43.3 Å². The van der Waals surface area contributed by atoms with Gasteiger partial charge < -0.3 is 14.8 Å².